The Labute approximate surface area is 336 Å². The van der Waals surface area contributed by atoms with Crippen LogP contribution in [0.3, 0.4) is 0 Å². The zero-order valence-corrected chi connectivity index (χ0v) is 31.7. The van der Waals surface area contributed by atoms with E-state index in [0.29, 0.717) is 0 Å². The molecule has 270 valence electrons. The Balaban J connectivity index is 1.09. The molecule has 0 spiro atoms. The average molecular weight is 737 g/mol. The Kier molecular flexibility index (Phi) is 7.26. The van der Waals surface area contributed by atoms with Crippen LogP contribution >= 0.6 is 0 Å². The summed E-state index contributed by atoms with van der Waals surface area (Å²) in [4.78, 5) is 0. The van der Waals surface area contributed by atoms with Gasteiger partial charge in [0.25, 0.3) is 0 Å². The molecule has 0 unspecified atom stereocenters. The van der Waals surface area contributed by atoms with Crippen molar-refractivity contribution in [2.45, 2.75) is 0 Å². The third-order valence-corrected chi connectivity index (χ3v) is 12.1. The number of benzene rings is 10. The van der Waals surface area contributed by atoms with Crippen LogP contribution in [0, 0.1) is 0 Å². The monoisotopic (exact) mass is 736 g/mol. The van der Waals surface area contributed by atoms with Crippen molar-refractivity contribution in [1.29, 1.82) is 0 Å². The number of hydrogen-bond donors (Lipinski definition) is 0. The lowest BCUT2D eigenvalue weighted by atomic mass is 9.92. The Hall–Kier alpha value is -7.68. The van der Waals surface area contributed by atoms with Crippen molar-refractivity contribution in [3.63, 3.8) is 0 Å². The molecular formula is C56H36N2. The normalized spacial score (nSPS) is 11.8. The molecule has 0 radical (unpaired) electrons. The summed E-state index contributed by atoms with van der Waals surface area (Å²) < 4.78 is 4.83. The fraction of sp³-hybridized carbons (Fsp3) is 0. The Morgan fingerprint density at radius 1 is 0.224 bits per heavy atom. The highest BCUT2D eigenvalue weighted by Crippen LogP contribution is 2.41. The van der Waals surface area contributed by atoms with Gasteiger partial charge in [0.2, 0.25) is 0 Å². The molecule has 10 aromatic carbocycles. The SMILES string of the molecule is c1ccc(-c2ccc(-n3c4ccc(-c5ccc6c7ccccc7n(-c7ccccc7)c6c5)cc4c4cc(-c5cc6ccccc6c6ccccc56)ccc43)cc2)cc1. The molecular weight excluding hydrogens is 701 g/mol. The highest BCUT2D eigenvalue weighted by atomic mass is 15.0. The van der Waals surface area contributed by atoms with E-state index in [9.17, 15) is 0 Å². The molecule has 0 saturated heterocycles. The largest absolute Gasteiger partial charge is 0.309 e. The van der Waals surface area contributed by atoms with Gasteiger partial charge in [0.05, 0.1) is 22.1 Å². The standard InChI is InChI=1S/C56H36N2/c1-3-13-37(14-4-1)38-23-28-44(29-24-38)57-54-31-26-39(40-25-30-49-48-21-11-12-22-53(48)58(56(49)36-40)43-16-5-2-6-17-43)33-51(54)52-35-42(27-32-55(52)57)50-34-41-15-7-8-18-45(41)46-19-9-10-20-47(46)50/h1-36H. The van der Waals surface area contributed by atoms with Crippen LogP contribution in [0.2, 0.25) is 0 Å². The van der Waals surface area contributed by atoms with Gasteiger partial charge in [0, 0.05) is 32.9 Å². The number of fused-ring (bicyclic) bond motifs is 9. The van der Waals surface area contributed by atoms with Crippen LogP contribution in [-0.4, -0.2) is 9.13 Å². The molecule has 0 saturated carbocycles. The molecule has 2 heteroatoms. The number of aromatic nitrogens is 2. The quantitative estimate of drug-likeness (QED) is 0.156. The van der Waals surface area contributed by atoms with Crippen LogP contribution in [0.5, 0.6) is 0 Å². The van der Waals surface area contributed by atoms with Gasteiger partial charge in [0.15, 0.2) is 0 Å². The summed E-state index contributed by atoms with van der Waals surface area (Å²) in [5.74, 6) is 0. The average Bonchev–Trinajstić information content (AvgIpc) is 3.81. The molecule has 2 aromatic heterocycles. The maximum absolute atomic E-state index is 2.43. The maximum Gasteiger partial charge on any atom is 0.0547 e. The summed E-state index contributed by atoms with van der Waals surface area (Å²) in [7, 11) is 0. The van der Waals surface area contributed by atoms with E-state index in [0.717, 1.165) is 11.4 Å². The Morgan fingerprint density at radius 3 is 1.48 bits per heavy atom. The summed E-state index contributed by atoms with van der Waals surface area (Å²) in [6.45, 7) is 0. The molecule has 12 rings (SSSR count). The predicted molar refractivity (Wildman–Crippen MR) is 246 cm³/mol. The first-order chi connectivity index (χ1) is 28.8. The molecule has 0 aliphatic rings. The highest BCUT2D eigenvalue weighted by Gasteiger charge is 2.18. The minimum Gasteiger partial charge on any atom is -0.309 e. The molecule has 0 amide bonds. The molecule has 12 aromatic rings. The van der Waals surface area contributed by atoms with Crippen LogP contribution in [0.1, 0.15) is 0 Å². The zero-order chi connectivity index (χ0) is 38.2. The van der Waals surface area contributed by atoms with E-state index in [-0.39, 0.29) is 0 Å². The van der Waals surface area contributed by atoms with E-state index in [2.05, 4.69) is 228 Å². The van der Waals surface area contributed by atoms with E-state index < -0.39 is 0 Å². The molecule has 2 nitrogen and oxygen atoms in total. The minimum absolute atomic E-state index is 1.14. The highest BCUT2D eigenvalue weighted by molar-refractivity contribution is 6.16. The van der Waals surface area contributed by atoms with Crippen LogP contribution in [0.4, 0.5) is 0 Å². The van der Waals surface area contributed by atoms with Gasteiger partial charge in [-0.25, -0.2) is 0 Å². The van der Waals surface area contributed by atoms with Gasteiger partial charge in [0.1, 0.15) is 0 Å². The minimum atomic E-state index is 1.14. The van der Waals surface area contributed by atoms with E-state index in [1.54, 1.807) is 0 Å². The summed E-state index contributed by atoms with van der Waals surface area (Å²) in [5.41, 5.74) is 14.4. The lowest BCUT2D eigenvalue weighted by Crippen LogP contribution is -1.94. The first-order valence-electron chi connectivity index (χ1n) is 20.0. The van der Waals surface area contributed by atoms with Gasteiger partial charge in [-0.2, -0.15) is 0 Å². The van der Waals surface area contributed by atoms with Crippen LogP contribution in [-0.2, 0) is 0 Å². The van der Waals surface area contributed by atoms with Crippen LogP contribution < -0.4 is 0 Å². The van der Waals surface area contributed by atoms with Crippen molar-refractivity contribution in [1.82, 2.24) is 9.13 Å². The van der Waals surface area contributed by atoms with Crippen molar-refractivity contribution >= 4 is 65.2 Å². The lowest BCUT2D eigenvalue weighted by Gasteiger charge is -2.12. The molecule has 0 N–H and O–H groups in total. The van der Waals surface area contributed by atoms with Gasteiger partial charge in [-0.05, 0) is 122 Å². The number of para-hydroxylation sites is 2. The molecule has 58 heavy (non-hydrogen) atoms. The fourth-order valence-electron chi connectivity index (χ4n) is 9.38. The predicted octanol–water partition coefficient (Wildman–Crippen LogP) is 15.2. The first-order valence-corrected chi connectivity index (χ1v) is 20.0. The Bertz CT molecular complexity index is 3530. The summed E-state index contributed by atoms with van der Waals surface area (Å²) in [6.07, 6.45) is 0. The van der Waals surface area contributed by atoms with Gasteiger partial charge >= 0.3 is 0 Å². The maximum atomic E-state index is 2.43. The zero-order valence-electron chi connectivity index (χ0n) is 31.7. The van der Waals surface area contributed by atoms with Gasteiger partial charge in [-0.1, -0.05) is 152 Å². The van der Waals surface area contributed by atoms with Gasteiger partial charge < -0.3 is 9.13 Å². The molecule has 2 heterocycles. The molecule has 0 aliphatic heterocycles. The lowest BCUT2D eigenvalue weighted by molar-refractivity contribution is 1.18. The van der Waals surface area contributed by atoms with Crippen molar-refractivity contribution in [3.8, 4) is 44.8 Å². The van der Waals surface area contributed by atoms with Crippen molar-refractivity contribution < 1.29 is 0 Å². The van der Waals surface area contributed by atoms with E-state index in [1.165, 1.54) is 98.5 Å². The number of nitrogens with zero attached hydrogens (tertiary/aromatic N) is 2. The van der Waals surface area contributed by atoms with Crippen LogP contribution in [0.15, 0.2) is 218 Å². The second-order valence-electron chi connectivity index (χ2n) is 15.3. The van der Waals surface area contributed by atoms with Crippen molar-refractivity contribution in [3.05, 3.63) is 218 Å². The fourth-order valence-corrected chi connectivity index (χ4v) is 9.38. The molecule has 0 aliphatic carbocycles. The summed E-state index contributed by atoms with van der Waals surface area (Å²) in [5, 5.41) is 10.1. The van der Waals surface area contributed by atoms with Gasteiger partial charge in [-0.3, -0.25) is 0 Å². The van der Waals surface area contributed by atoms with Gasteiger partial charge in [-0.15, -0.1) is 0 Å². The second-order valence-corrected chi connectivity index (χ2v) is 15.3. The molecule has 0 fully saturated rings. The summed E-state index contributed by atoms with van der Waals surface area (Å²) in [6, 6.07) is 80.1. The van der Waals surface area contributed by atoms with E-state index in [4.69, 9.17) is 0 Å². The Morgan fingerprint density at radius 2 is 0.707 bits per heavy atom. The molecule has 0 bridgehead atoms. The molecule has 0 atom stereocenters. The summed E-state index contributed by atoms with van der Waals surface area (Å²) >= 11 is 0. The topological polar surface area (TPSA) is 9.86 Å². The van der Waals surface area contributed by atoms with Crippen LogP contribution in [0.25, 0.3) is 110 Å². The second kappa shape index (κ2) is 12.9. The first kappa shape index (κ1) is 32.6. The third kappa shape index (κ3) is 5.05. The third-order valence-electron chi connectivity index (χ3n) is 12.1. The van der Waals surface area contributed by atoms with Crippen molar-refractivity contribution in [2.75, 3.05) is 0 Å². The van der Waals surface area contributed by atoms with E-state index in [1.807, 2.05) is 0 Å². The van der Waals surface area contributed by atoms with E-state index >= 15 is 0 Å². The number of hydrogen-bond acceptors (Lipinski definition) is 0. The smallest absolute Gasteiger partial charge is 0.0547 e. The van der Waals surface area contributed by atoms with Crippen molar-refractivity contribution in [2.24, 2.45) is 0 Å². The number of rotatable bonds is 5.